The van der Waals surface area contributed by atoms with Crippen molar-refractivity contribution in [3.63, 3.8) is 0 Å². The summed E-state index contributed by atoms with van der Waals surface area (Å²) >= 11 is 4.06. The number of ether oxygens (including phenoxy) is 1. The lowest BCUT2D eigenvalue weighted by atomic mass is 10.0. The van der Waals surface area contributed by atoms with E-state index in [-0.39, 0.29) is 10.8 Å². The average Bonchev–Trinajstić information content (AvgIpc) is 2.56. The molecule has 1 rings (SSSR count). The van der Waals surface area contributed by atoms with Crippen molar-refractivity contribution in [2.75, 3.05) is 6.61 Å². The quantitative estimate of drug-likeness (QED) is 0.287. The summed E-state index contributed by atoms with van der Waals surface area (Å²) in [5, 5.41) is 10.1. The molecule has 1 aromatic rings. The van der Waals surface area contributed by atoms with Crippen LogP contribution >= 0.6 is 12.6 Å². The molecule has 0 aromatic carbocycles. The first-order valence-electron chi connectivity index (χ1n) is 8.43. The third-order valence-electron chi connectivity index (χ3n) is 3.79. The van der Waals surface area contributed by atoms with Crippen molar-refractivity contribution in [3.05, 3.63) is 17.8 Å². The summed E-state index contributed by atoms with van der Waals surface area (Å²) in [4.78, 5) is 3.91. The highest BCUT2D eigenvalue weighted by Gasteiger charge is 2.42. The Morgan fingerprint density at radius 3 is 2.44 bits per heavy atom. The lowest BCUT2D eigenvalue weighted by Crippen LogP contribution is -2.34. The van der Waals surface area contributed by atoms with E-state index in [0.717, 1.165) is 19.3 Å². The molecular formula is C17H25F4NO2S. The molecule has 0 radical (unpaired) electrons. The van der Waals surface area contributed by atoms with E-state index in [0.29, 0.717) is 12.0 Å². The fourth-order valence-corrected chi connectivity index (χ4v) is 2.53. The summed E-state index contributed by atoms with van der Waals surface area (Å²) in [7, 11) is 0. The molecule has 1 atom stereocenters. The summed E-state index contributed by atoms with van der Waals surface area (Å²) in [6.07, 6.45) is 3.90. The standard InChI is InChI=1S/C17H25F4NO2S/c1-2-3-4-5-6-7-8-13(23)12-9-14(25)15(22-10-12)24-11-17(20,21)16(18)19/h9-10,13,16,23,25H,2-8,11H2,1H3. The molecule has 0 aliphatic rings. The zero-order valence-corrected chi connectivity index (χ0v) is 15.1. The van der Waals surface area contributed by atoms with Crippen molar-refractivity contribution in [1.82, 2.24) is 4.98 Å². The average molecular weight is 383 g/mol. The molecule has 3 nitrogen and oxygen atoms in total. The molecule has 1 N–H and O–H groups in total. The Morgan fingerprint density at radius 1 is 1.20 bits per heavy atom. The van der Waals surface area contributed by atoms with Crippen LogP contribution in [-0.4, -0.2) is 29.0 Å². The maximum atomic E-state index is 12.9. The van der Waals surface area contributed by atoms with E-state index >= 15 is 0 Å². The number of thiol groups is 1. The van der Waals surface area contributed by atoms with Crippen molar-refractivity contribution in [2.24, 2.45) is 0 Å². The van der Waals surface area contributed by atoms with Crippen LogP contribution in [-0.2, 0) is 0 Å². The minimum absolute atomic E-state index is 0.115. The number of nitrogens with zero attached hydrogens (tertiary/aromatic N) is 1. The Labute approximate surface area is 151 Å². The highest BCUT2D eigenvalue weighted by atomic mass is 32.1. The van der Waals surface area contributed by atoms with Gasteiger partial charge in [0.2, 0.25) is 5.88 Å². The second kappa shape index (κ2) is 10.9. The molecule has 8 heteroatoms. The van der Waals surface area contributed by atoms with Gasteiger partial charge in [-0.25, -0.2) is 13.8 Å². The molecule has 0 bridgehead atoms. The van der Waals surface area contributed by atoms with E-state index in [4.69, 9.17) is 0 Å². The van der Waals surface area contributed by atoms with Crippen LogP contribution < -0.4 is 4.74 Å². The SMILES string of the molecule is CCCCCCCCC(O)c1cnc(OCC(F)(F)C(F)F)c(S)c1. The number of hydrogen-bond donors (Lipinski definition) is 2. The minimum Gasteiger partial charge on any atom is -0.470 e. The fourth-order valence-electron chi connectivity index (χ4n) is 2.26. The van der Waals surface area contributed by atoms with Gasteiger partial charge < -0.3 is 9.84 Å². The molecule has 0 spiro atoms. The molecule has 0 saturated carbocycles. The third-order valence-corrected chi connectivity index (χ3v) is 4.11. The van der Waals surface area contributed by atoms with Gasteiger partial charge in [0, 0.05) is 11.8 Å². The normalized spacial score (nSPS) is 13.3. The Kier molecular flexibility index (Phi) is 9.56. The van der Waals surface area contributed by atoms with E-state index in [1.165, 1.54) is 31.5 Å². The molecule has 0 aliphatic carbocycles. The fraction of sp³-hybridized carbons (Fsp3) is 0.706. The van der Waals surface area contributed by atoms with Crippen LogP contribution in [0.2, 0.25) is 0 Å². The van der Waals surface area contributed by atoms with Crippen LogP contribution in [0.15, 0.2) is 17.2 Å². The second-order valence-corrected chi connectivity index (χ2v) is 6.50. The monoisotopic (exact) mass is 383 g/mol. The summed E-state index contributed by atoms with van der Waals surface area (Å²) in [5.41, 5.74) is 0.492. The van der Waals surface area contributed by atoms with Gasteiger partial charge in [0.25, 0.3) is 0 Å². The first-order chi connectivity index (χ1) is 11.8. The Hall–Kier alpha value is -1.02. The van der Waals surface area contributed by atoms with Crippen LogP contribution in [0.3, 0.4) is 0 Å². The smallest absolute Gasteiger partial charge is 0.340 e. The third kappa shape index (κ3) is 7.81. The number of pyridine rings is 1. The van der Waals surface area contributed by atoms with E-state index in [1.807, 2.05) is 0 Å². The molecule has 0 aliphatic heterocycles. The lowest BCUT2D eigenvalue weighted by molar-refractivity contribution is -0.149. The van der Waals surface area contributed by atoms with Gasteiger partial charge in [-0.2, -0.15) is 8.78 Å². The van der Waals surface area contributed by atoms with Gasteiger partial charge in [-0.3, -0.25) is 0 Å². The predicted octanol–water partition coefficient (Wildman–Crippen LogP) is 5.43. The number of halogens is 4. The Morgan fingerprint density at radius 2 is 1.84 bits per heavy atom. The topological polar surface area (TPSA) is 42.4 Å². The summed E-state index contributed by atoms with van der Waals surface area (Å²) < 4.78 is 54.5. The van der Waals surface area contributed by atoms with Crippen molar-refractivity contribution in [1.29, 1.82) is 0 Å². The number of rotatable bonds is 12. The van der Waals surface area contributed by atoms with Crippen molar-refractivity contribution < 1.29 is 27.4 Å². The van der Waals surface area contributed by atoms with Gasteiger partial charge in [-0.15, -0.1) is 12.6 Å². The van der Waals surface area contributed by atoms with Crippen LogP contribution in [0.5, 0.6) is 5.88 Å². The molecule has 1 heterocycles. The van der Waals surface area contributed by atoms with Crippen molar-refractivity contribution in [2.45, 2.75) is 75.2 Å². The lowest BCUT2D eigenvalue weighted by Gasteiger charge is -2.17. The van der Waals surface area contributed by atoms with E-state index in [9.17, 15) is 22.7 Å². The molecule has 144 valence electrons. The van der Waals surface area contributed by atoms with Gasteiger partial charge in [-0.1, -0.05) is 45.4 Å². The highest BCUT2D eigenvalue weighted by molar-refractivity contribution is 7.80. The Balaban J connectivity index is 2.48. The molecule has 25 heavy (non-hydrogen) atoms. The summed E-state index contributed by atoms with van der Waals surface area (Å²) in [6.45, 7) is 0.665. The van der Waals surface area contributed by atoms with Crippen LogP contribution in [0.1, 0.15) is 63.5 Å². The van der Waals surface area contributed by atoms with Gasteiger partial charge in [0.15, 0.2) is 6.61 Å². The number of aromatic nitrogens is 1. The maximum Gasteiger partial charge on any atom is 0.340 e. The van der Waals surface area contributed by atoms with Gasteiger partial charge in [0.05, 0.1) is 11.0 Å². The largest absolute Gasteiger partial charge is 0.470 e. The van der Waals surface area contributed by atoms with Gasteiger partial charge in [-0.05, 0) is 12.5 Å². The summed E-state index contributed by atoms with van der Waals surface area (Å²) in [5.74, 6) is -4.52. The maximum absolute atomic E-state index is 12.9. The van der Waals surface area contributed by atoms with Crippen LogP contribution in [0.4, 0.5) is 17.6 Å². The molecule has 0 saturated heterocycles. The second-order valence-electron chi connectivity index (χ2n) is 6.02. The van der Waals surface area contributed by atoms with Crippen LogP contribution in [0, 0.1) is 0 Å². The summed E-state index contributed by atoms with van der Waals surface area (Å²) in [6, 6.07) is 1.45. The zero-order chi connectivity index (χ0) is 18.9. The number of aliphatic hydroxyl groups excluding tert-OH is 1. The number of aliphatic hydroxyl groups is 1. The van der Waals surface area contributed by atoms with E-state index < -0.39 is 25.1 Å². The van der Waals surface area contributed by atoms with Gasteiger partial charge >= 0.3 is 12.3 Å². The predicted molar refractivity (Wildman–Crippen MR) is 90.9 cm³/mol. The van der Waals surface area contributed by atoms with E-state index in [1.54, 1.807) is 0 Å². The Bertz CT molecular complexity index is 517. The number of alkyl halides is 4. The van der Waals surface area contributed by atoms with Gasteiger partial charge in [0.1, 0.15) is 0 Å². The highest BCUT2D eigenvalue weighted by Crippen LogP contribution is 2.29. The molecule has 0 fully saturated rings. The molecule has 1 unspecified atom stereocenters. The number of hydrogen-bond acceptors (Lipinski definition) is 4. The first-order valence-corrected chi connectivity index (χ1v) is 8.88. The molecular weight excluding hydrogens is 358 g/mol. The zero-order valence-electron chi connectivity index (χ0n) is 14.2. The molecule has 0 amide bonds. The van der Waals surface area contributed by atoms with Crippen LogP contribution in [0.25, 0.3) is 0 Å². The molecule has 1 aromatic heterocycles. The number of unbranched alkanes of at least 4 members (excludes halogenated alkanes) is 5. The van der Waals surface area contributed by atoms with E-state index in [2.05, 4.69) is 29.3 Å². The van der Waals surface area contributed by atoms with Crippen molar-refractivity contribution in [3.8, 4) is 5.88 Å². The minimum atomic E-state index is -4.25. The first kappa shape index (κ1) is 22.0. The van der Waals surface area contributed by atoms with Crippen molar-refractivity contribution >= 4 is 12.6 Å².